The summed E-state index contributed by atoms with van der Waals surface area (Å²) >= 11 is 0. The van der Waals surface area contributed by atoms with Gasteiger partial charge < -0.3 is 0 Å². The van der Waals surface area contributed by atoms with Crippen LogP contribution in [0.25, 0.3) is 0 Å². The molecule has 0 unspecified atom stereocenters. The third kappa shape index (κ3) is 5.48. The fraction of sp³-hybridized carbons (Fsp3) is 0.750. The van der Waals surface area contributed by atoms with Crippen molar-refractivity contribution in [2.24, 2.45) is 16.1 Å². The first-order chi connectivity index (χ1) is 4.66. The molecule has 0 aromatic carbocycles. The summed E-state index contributed by atoms with van der Waals surface area (Å²) in [5.41, 5.74) is 0.885. The van der Waals surface area contributed by atoms with Gasteiger partial charge >= 0.3 is 0 Å². The van der Waals surface area contributed by atoms with Crippen molar-refractivity contribution in [2.45, 2.75) is 26.7 Å². The molecule has 58 valence electrons. The second-order valence-electron chi connectivity index (χ2n) is 2.80. The molecule has 0 N–H and O–H groups in total. The maximum absolute atomic E-state index is 3.83. The van der Waals surface area contributed by atoms with Crippen LogP contribution in [0.2, 0.25) is 0 Å². The van der Waals surface area contributed by atoms with Crippen LogP contribution in [-0.4, -0.2) is 7.05 Å². The molecule has 0 fully saturated rings. The minimum atomic E-state index is 0.726. The highest BCUT2D eigenvalue weighted by Crippen LogP contribution is 2.10. The molecular formula is C8H16N2. The van der Waals surface area contributed by atoms with Gasteiger partial charge in [0.1, 0.15) is 0 Å². The molecule has 0 atom stereocenters. The maximum Gasteiger partial charge on any atom is 0.0554 e. The molecule has 0 saturated carbocycles. The molecule has 0 saturated heterocycles. The molecule has 0 aromatic heterocycles. The van der Waals surface area contributed by atoms with Gasteiger partial charge in [0.2, 0.25) is 0 Å². The van der Waals surface area contributed by atoms with E-state index in [4.69, 9.17) is 0 Å². The van der Waals surface area contributed by atoms with Crippen LogP contribution >= 0.6 is 0 Å². The van der Waals surface area contributed by atoms with Crippen molar-refractivity contribution in [3.05, 3.63) is 12.3 Å². The number of nitrogens with zero attached hydrogens (tertiary/aromatic N) is 2. The molecule has 0 aliphatic carbocycles. The number of hydrogen-bond donors (Lipinski definition) is 0. The predicted molar refractivity (Wildman–Crippen MR) is 44.0 cm³/mol. The minimum Gasteiger partial charge on any atom is -0.192 e. The Hall–Kier alpha value is -0.660. The van der Waals surface area contributed by atoms with E-state index < -0.39 is 0 Å². The van der Waals surface area contributed by atoms with Crippen LogP contribution in [0.15, 0.2) is 22.5 Å². The number of azo groups is 1. The van der Waals surface area contributed by atoms with Gasteiger partial charge in [-0.1, -0.05) is 20.4 Å². The second-order valence-corrected chi connectivity index (χ2v) is 2.80. The van der Waals surface area contributed by atoms with Crippen molar-refractivity contribution in [1.29, 1.82) is 0 Å². The van der Waals surface area contributed by atoms with Crippen molar-refractivity contribution >= 4 is 0 Å². The highest BCUT2D eigenvalue weighted by molar-refractivity contribution is 4.89. The zero-order valence-electron chi connectivity index (χ0n) is 7.09. The summed E-state index contributed by atoms with van der Waals surface area (Å²) in [5, 5.41) is 7.47. The summed E-state index contributed by atoms with van der Waals surface area (Å²) in [6.07, 6.45) is 2.12. The Morgan fingerprint density at radius 2 is 2.10 bits per heavy atom. The predicted octanol–water partition coefficient (Wildman–Crippen LogP) is 3.02. The van der Waals surface area contributed by atoms with E-state index in [1.807, 2.05) is 0 Å². The molecule has 0 heterocycles. The van der Waals surface area contributed by atoms with Crippen molar-refractivity contribution in [3.8, 4) is 0 Å². The topological polar surface area (TPSA) is 24.7 Å². The van der Waals surface area contributed by atoms with Crippen LogP contribution in [0, 0.1) is 5.92 Å². The molecule has 0 aliphatic rings. The van der Waals surface area contributed by atoms with Crippen LogP contribution in [0.1, 0.15) is 26.7 Å². The van der Waals surface area contributed by atoms with Crippen LogP contribution in [0.3, 0.4) is 0 Å². The summed E-state index contributed by atoms with van der Waals surface area (Å²) in [4.78, 5) is 0. The van der Waals surface area contributed by atoms with Gasteiger partial charge in [-0.05, 0) is 18.8 Å². The first-order valence-corrected chi connectivity index (χ1v) is 3.64. The highest BCUT2D eigenvalue weighted by Gasteiger charge is 1.95. The Bertz CT molecular complexity index is 125. The second kappa shape index (κ2) is 5.15. The largest absolute Gasteiger partial charge is 0.192 e. The van der Waals surface area contributed by atoms with Crippen molar-refractivity contribution in [2.75, 3.05) is 7.05 Å². The van der Waals surface area contributed by atoms with Crippen LogP contribution in [0.5, 0.6) is 0 Å². The minimum absolute atomic E-state index is 0.726. The molecule has 0 amide bonds. The van der Waals surface area contributed by atoms with Crippen molar-refractivity contribution in [1.82, 2.24) is 0 Å². The molecular weight excluding hydrogens is 124 g/mol. The normalized spacial score (nSPS) is 11.2. The van der Waals surface area contributed by atoms with Gasteiger partial charge in [0, 0.05) is 7.05 Å². The fourth-order valence-electron chi connectivity index (χ4n) is 0.647. The summed E-state index contributed by atoms with van der Waals surface area (Å²) in [5.74, 6) is 0.726. The molecule has 2 nitrogen and oxygen atoms in total. The van der Waals surface area contributed by atoms with Crippen LogP contribution in [0.4, 0.5) is 0 Å². The third-order valence-corrected chi connectivity index (χ3v) is 1.25. The lowest BCUT2D eigenvalue weighted by Crippen LogP contribution is -1.86. The van der Waals surface area contributed by atoms with Crippen LogP contribution < -0.4 is 0 Å². The Labute approximate surface area is 63.1 Å². The van der Waals surface area contributed by atoms with Gasteiger partial charge in [0.15, 0.2) is 0 Å². The molecule has 0 aliphatic heterocycles. The maximum atomic E-state index is 3.83. The number of allylic oxidation sites excluding steroid dienone is 1. The van der Waals surface area contributed by atoms with Gasteiger partial charge in [-0.2, -0.15) is 10.2 Å². The van der Waals surface area contributed by atoms with Gasteiger partial charge in [0.05, 0.1) is 5.70 Å². The Morgan fingerprint density at radius 1 is 1.50 bits per heavy atom. The Kier molecular flexibility index (Phi) is 4.81. The molecule has 0 radical (unpaired) electrons. The monoisotopic (exact) mass is 140 g/mol. The van der Waals surface area contributed by atoms with Gasteiger partial charge in [-0.15, -0.1) is 0 Å². The Morgan fingerprint density at radius 3 is 2.50 bits per heavy atom. The average molecular weight is 140 g/mol. The van der Waals surface area contributed by atoms with E-state index in [9.17, 15) is 0 Å². The zero-order valence-corrected chi connectivity index (χ0v) is 7.09. The highest BCUT2D eigenvalue weighted by atomic mass is 15.1. The summed E-state index contributed by atoms with van der Waals surface area (Å²) in [6, 6.07) is 0. The average Bonchev–Trinajstić information content (AvgIpc) is 1.85. The summed E-state index contributed by atoms with van der Waals surface area (Å²) < 4.78 is 0. The summed E-state index contributed by atoms with van der Waals surface area (Å²) in [6.45, 7) is 8.14. The molecule has 0 bridgehead atoms. The number of hydrogen-bond acceptors (Lipinski definition) is 2. The van der Waals surface area contributed by atoms with Crippen molar-refractivity contribution < 1.29 is 0 Å². The standard InChI is InChI=1S/C8H16N2/c1-7(2)5-6-8(3)10-9-4/h7H,3,5-6H2,1-2,4H3/b10-9+. The van der Waals surface area contributed by atoms with E-state index in [2.05, 4.69) is 30.7 Å². The van der Waals surface area contributed by atoms with Gasteiger partial charge in [0.25, 0.3) is 0 Å². The van der Waals surface area contributed by atoms with E-state index >= 15 is 0 Å². The SMILES string of the molecule is C=C(CCC(C)C)/N=N/C. The number of rotatable bonds is 4. The smallest absolute Gasteiger partial charge is 0.0554 e. The third-order valence-electron chi connectivity index (χ3n) is 1.25. The van der Waals surface area contributed by atoms with Gasteiger partial charge in [-0.25, -0.2) is 0 Å². The fourth-order valence-corrected chi connectivity index (χ4v) is 0.647. The van der Waals surface area contributed by atoms with E-state index in [1.54, 1.807) is 7.05 Å². The van der Waals surface area contributed by atoms with E-state index in [0.717, 1.165) is 24.5 Å². The van der Waals surface area contributed by atoms with E-state index in [0.29, 0.717) is 0 Å². The van der Waals surface area contributed by atoms with E-state index in [-0.39, 0.29) is 0 Å². The summed E-state index contributed by atoms with van der Waals surface area (Å²) in [7, 11) is 1.67. The van der Waals surface area contributed by atoms with Crippen molar-refractivity contribution in [3.63, 3.8) is 0 Å². The quantitative estimate of drug-likeness (QED) is 0.536. The lowest BCUT2D eigenvalue weighted by molar-refractivity contribution is 0.581. The van der Waals surface area contributed by atoms with Crippen LogP contribution in [-0.2, 0) is 0 Å². The van der Waals surface area contributed by atoms with Gasteiger partial charge in [-0.3, -0.25) is 0 Å². The lowest BCUT2D eigenvalue weighted by Gasteiger charge is -2.01. The van der Waals surface area contributed by atoms with E-state index in [1.165, 1.54) is 0 Å². The molecule has 0 aromatic rings. The molecule has 0 spiro atoms. The molecule has 10 heavy (non-hydrogen) atoms. The molecule has 0 rings (SSSR count). The Balaban J connectivity index is 3.40. The molecule has 2 heteroatoms. The first kappa shape index (κ1) is 9.34. The zero-order chi connectivity index (χ0) is 7.98. The lowest BCUT2D eigenvalue weighted by atomic mass is 10.1. The first-order valence-electron chi connectivity index (χ1n) is 3.64.